The van der Waals surface area contributed by atoms with Crippen LogP contribution in [0.15, 0.2) is 29.4 Å². The van der Waals surface area contributed by atoms with Gasteiger partial charge in [0.05, 0.1) is 6.42 Å². The van der Waals surface area contributed by atoms with Crippen LogP contribution in [0, 0.1) is 0 Å². The Labute approximate surface area is 79.3 Å². The maximum absolute atomic E-state index is 10.8. The van der Waals surface area contributed by atoms with Gasteiger partial charge in [0.2, 0.25) is 5.91 Å². The Hall–Kier alpha value is -1.38. The molecule has 3 heteroatoms. The summed E-state index contributed by atoms with van der Waals surface area (Å²) in [6.45, 7) is 9.34. The Morgan fingerprint density at radius 2 is 2.15 bits per heavy atom. The third kappa shape index (κ3) is 3.23. The van der Waals surface area contributed by atoms with E-state index in [0.29, 0.717) is 12.3 Å². The number of carbonyl (C=O) groups excluding carboxylic acids is 1. The highest BCUT2D eigenvalue weighted by Crippen LogP contribution is 2.09. The lowest BCUT2D eigenvalue weighted by molar-refractivity contribution is -0.118. The quantitative estimate of drug-likeness (QED) is 0.659. The summed E-state index contributed by atoms with van der Waals surface area (Å²) >= 11 is 0. The molecule has 1 aliphatic heterocycles. The van der Waals surface area contributed by atoms with Crippen LogP contribution in [0.1, 0.15) is 27.2 Å². The van der Waals surface area contributed by atoms with Crippen LogP contribution in [-0.2, 0) is 4.79 Å². The summed E-state index contributed by atoms with van der Waals surface area (Å²) in [7, 11) is 0. The smallest absolute Gasteiger partial charge is 0.230 e. The molecule has 0 bridgehead atoms. The molecule has 0 radical (unpaired) electrons. The van der Waals surface area contributed by atoms with E-state index in [1.54, 1.807) is 0 Å². The third-order valence-corrected chi connectivity index (χ3v) is 1.48. The highest BCUT2D eigenvalue weighted by atomic mass is 16.1. The van der Waals surface area contributed by atoms with E-state index < -0.39 is 0 Å². The molecule has 0 aromatic carbocycles. The zero-order chi connectivity index (χ0) is 10.3. The highest BCUT2D eigenvalue weighted by molar-refractivity contribution is 6.16. The van der Waals surface area contributed by atoms with Crippen molar-refractivity contribution in [3.05, 3.63) is 24.4 Å². The normalized spacial score (nSPS) is 21.0. The maximum Gasteiger partial charge on any atom is 0.230 e. The Balaban J connectivity index is 0.000000671. The molecule has 3 nitrogen and oxygen atoms in total. The van der Waals surface area contributed by atoms with Crippen molar-refractivity contribution in [1.29, 1.82) is 0 Å². The maximum atomic E-state index is 10.8. The van der Waals surface area contributed by atoms with E-state index in [2.05, 4.69) is 16.9 Å². The van der Waals surface area contributed by atoms with E-state index in [1.165, 1.54) is 6.20 Å². The van der Waals surface area contributed by atoms with Gasteiger partial charge in [-0.3, -0.25) is 4.79 Å². The Morgan fingerprint density at radius 1 is 1.54 bits per heavy atom. The molecule has 1 rings (SSSR count). The van der Waals surface area contributed by atoms with Gasteiger partial charge in [-0.15, -0.1) is 0 Å². The third-order valence-electron chi connectivity index (χ3n) is 1.48. The van der Waals surface area contributed by atoms with Gasteiger partial charge < -0.3 is 5.32 Å². The number of hydrogen-bond acceptors (Lipinski definition) is 2. The van der Waals surface area contributed by atoms with Crippen molar-refractivity contribution >= 4 is 11.7 Å². The predicted octanol–water partition coefficient (Wildman–Crippen LogP) is 2.02. The molecule has 0 saturated carbocycles. The van der Waals surface area contributed by atoms with Gasteiger partial charge in [0.15, 0.2) is 0 Å². The van der Waals surface area contributed by atoms with Crippen LogP contribution in [0.3, 0.4) is 0 Å². The summed E-state index contributed by atoms with van der Waals surface area (Å²) in [5, 5.41) is 2.63. The second-order valence-corrected chi connectivity index (χ2v) is 2.20. The van der Waals surface area contributed by atoms with Crippen molar-refractivity contribution in [1.82, 2.24) is 5.32 Å². The van der Waals surface area contributed by atoms with E-state index in [1.807, 2.05) is 26.8 Å². The number of nitrogens with zero attached hydrogens (tertiary/aromatic N) is 1. The van der Waals surface area contributed by atoms with Gasteiger partial charge in [-0.05, 0) is 12.5 Å². The number of nitrogens with one attached hydrogen (secondary N) is 1. The molecule has 0 spiro atoms. The van der Waals surface area contributed by atoms with Gasteiger partial charge in [-0.1, -0.05) is 26.5 Å². The molecule has 1 saturated heterocycles. The minimum Gasteiger partial charge on any atom is -0.310 e. The van der Waals surface area contributed by atoms with Crippen LogP contribution in [0.5, 0.6) is 0 Å². The molecule has 0 aromatic rings. The molecule has 1 amide bonds. The molecule has 1 fully saturated rings. The number of rotatable bonds is 1. The van der Waals surface area contributed by atoms with E-state index in [9.17, 15) is 4.79 Å². The number of hydrogen-bond donors (Lipinski definition) is 1. The topological polar surface area (TPSA) is 41.5 Å². The van der Waals surface area contributed by atoms with Crippen molar-refractivity contribution < 1.29 is 4.79 Å². The van der Waals surface area contributed by atoms with Crippen LogP contribution >= 0.6 is 0 Å². The summed E-state index contributed by atoms with van der Waals surface area (Å²) in [4.78, 5) is 14.7. The van der Waals surface area contributed by atoms with Crippen LogP contribution in [0.4, 0.5) is 0 Å². The largest absolute Gasteiger partial charge is 0.310 e. The van der Waals surface area contributed by atoms with E-state index >= 15 is 0 Å². The molecule has 0 aromatic heterocycles. The molecular weight excluding hydrogens is 164 g/mol. The fraction of sp³-hybridized carbons (Fsp3) is 0.400. The van der Waals surface area contributed by atoms with Gasteiger partial charge in [0.1, 0.15) is 5.84 Å². The van der Waals surface area contributed by atoms with Crippen molar-refractivity contribution in [2.75, 3.05) is 0 Å². The summed E-state index contributed by atoms with van der Waals surface area (Å²) in [5.41, 5.74) is 0.940. The summed E-state index contributed by atoms with van der Waals surface area (Å²) in [6.07, 6.45) is 3.73. The minimum atomic E-state index is -0.00120. The molecule has 13 heavy (non-hydrogen) atoms. The number of amides is 1. The standard InChI is InChI=1S/C8H10N2O.C2H6/c1-3-6-5-7(11)10-8(6)9-4-2;1-2/h3-4H,2,5H2,1H3,(H,9,10,11);1-2H3/b6-3-;. The fourth-order valence-corrected chi connectivity index (χ4v) is 0.958. The second kappa shape index (κ2) is 6.17. The van der Waals surface area contributed by atoms with Crippen LogP contribution < -0.4 is 5.32 Å². The molecule has 0 atom stereocenters. The van der Waals surface area contributed by atoms with E-state index in [-0.39, 0.29) is 5.91 Å². The minimum absolute atomic E-state index is 0.00120. The molecular formula is C10H16N2O. The molecule has 1 N–H and O–H groups in total. The molecule has 1 heterocycles. The van der Waals surface area contributed by atoms with Crippen LogP contribution in [0.2, 0.25) is 0 Å². The first-order chi connectivity index (χ1) is 6.27. The predicted molar refractivity (Wildman–Crippen MR) is 55.5 cm³/mol. The van der Waals surface area contributed by atoms with E-state index in [4.69, 9.17) is 0 Å². The number of amidine groups is 1. The average molecular weight is 180 g/mol. The Morgan fingerprint density at radius 3 is 2.62 bits per heavy atom. The Bertz CT molecular complexity index is 252. The number of allylic oxidation sites excluding steroid dienone is 1. The number of aliphatic imine (C=N–C) groups is 1. The number of carbonyl (C=O) groups is 1. The zero-order valence-electron chi connectivity index (χ0n) is 8.42. The molecule has 1 aliphatic rings. The zero-order valence-corrected chi connectivity index (χ0v) is 8.42. The lowest BCUT2D eigenvalue weighted by atomic mass is 10.2. The average Bonchev–Trinajstić information content (AvgIpc) is 2.50. The van der Waals surface area contributed by atoms with Gasteiger partial charge in [0, 0.05) is 6.20 Å². The first-order valence-corrected chi connectivity index (χ1v) is 4.42. The summed E-state index contributed by atoms with van der Waals surface area (Å²) < 4.78 is 0. The van der Waals surface area contributed by atoms with Gasteiger partial charge in [-0.25, -0.2) is 4.99 Å². The first-order valence-electron chi connectivity index (χ1n) is 4.42. The summed E-state index contributed by atoms with van der Waals surface area (Å²) in [6, 6.07) is 0. The SMILES string of the molecule is C=CN=C1NC(=O)C/C1=C/C.CC. The fourth-order valence-electron chi connectivity index (χ4n) is 0.958. The van der Waals surface area contributed by atoms with Gasteiger partial charge >= 0.3 is 0 Å². The van der Waals surface area contributed by atoms with Crippen molar-refractivity contribution in [3.8, 4) is 0 Å². The van der Waals surface area contributed by atoms with Gasteiger partial charge in [0.25, 0.3) is 0 Å². The summed E-state index contributed by atoms with van der Waals surface area (Å²) in [5.74, 6) is 0.631. The monoisotopic (exact) mass is 180 g/mol. The van der Waals surface area contributed by atoms with Crippen molar-refractivity contribution in [2.45, 2.75) is 27.2 Å². The van der Waals surface area contributed by atoms with Crippen LogP contribution in [-0.4, -0.2) is 11.7 Å². The first kappa shape index (κ1) is 11.6. The lowest BCUT2D eigenvalue weighted by Crippen LogP contribution is -2.19. The Kier molecular flexibility index (Phi) is 5.52. The molecule has 0 aliphatic carbocycles. The highest BCUT2D eigenvalue weighted by Gasteiger charge is 2.20. The molecule has 0 unspecified atom stereocenters. The van der Waals surface area contributed by atoms with Crippen molar-refractivity contribution in [3.63, 3.8) is 0 Å². The van der Waals surface area contributed by atoms with Crippen molar-refractivity contribution in [2.24, 2.45) is 4.99 Å². The molecule has 72 valence electrons. The lowest BCUT2D eigenvalue weighted by Gasteiger charge is -1.93. The van der Waals surface area contributed by atoms with Gasteiger partial charge in [-0.2, -0.15) is 0 Å². The van der Waals surface area contributed by atoms with E-state index in [0.717, 1.165) is 5.57 Å². The van der Waals surface area contributed by atoms with Crippen LogP contribution in [0.25, 0.3) is 0 Å². The second-order valence-electron chi connectivity index (χ2n) is 2.20.